The van der Waals surface area contributed by atoms with E-state index in [1.54, 1.807) is 14.2 Å². The van der Waals surface area contributed by atoms with Gasteiger partial charge in [-0.3, -0.25) is 4.79 Å². The molecule has 5 heteroatoms. The first-order valence-corrected chi connectivity index (χ1v) is 8.60. The van der Waals surface area contributed by atoms with E-state index in [1.165, 1.54) is 11.8 Å². The number of thioether (sulfide) groups is 1. The third-order valence-corrected chi connectivity index (χ3v) is 4.99. The predicted octanol–water partition coefficient (Wildman–Crippen LogP) is 4.44. The molecule has 0 bridgehead atoms. The summed E-state index contributed by atoms with van der Waals surface area (Å²) in [5, 5.41) is 2.77. The molecule has 24 heavy (non-hydrogen) atoms. The molecule has 0 aliphatic rings. The molecule has 0 aliphatic heterocycles. The lowest BCUT2D eigenvalue weighted by Crippen LogP contribution is -2.22. The maximum Gasteiger partial charge on any atom is 0.237 e. The number of ether oxygens (including phenoxy) is 2. The van der Waals surface area contributed by atoms with Gasteiger partial charge in [-0.2, -0.15) is 0 Å². The fraction of sp³-hybridized carbons (Fsp3) is 0.316. The van der Waals surface area contributed by atoms with Crippen molar-refractivity contribution < 1.29 is 14.3 Å². The minimum atomic E-state index is -0.233. The van der Waals surface area contributed by atoms with Crippen LogP contribution in [-0.2, 0) is 4.79 Å². The van der Waals surface area contributed by atoms with Crippen LogP contribution in [0.4, 0.5) is 5.69 Å². The van der Waals surface area contributed by atoms with Crippen LogP contribution in [0.5, 0.6) is 11.5 Å². The topological polar surface area (TPSA) is 47.6 Å². The standard InChI is InChI=1S/C19H23NO3S/c1-12-7-6-8-16(13(12)2)20-19(21)14(3)24-15-9-10-17(22-4)18(11-15)23-5/h6-11,14H,1-5H3,(H,20,21)/t14-/m0/s1. The number of anilines is 1. The summed E-state index contributed by atoms with van der Waals surface area (Å²) < 4.78 is 10.5. The van der Waals surface area contributed by atoms with Gasteiger partial charge in [-0.1, -0.05) is 12.1 Å². The highest BCUT2D eigenvalue weighted by atomic mass is 32.2. The molecule has 1 amide bonds. The average Bonchev–Trinajstić information content (AvgIpc) is 2.58. The summed E-state index contributed by atoms with van der Waals surface area (Å²) in [6.45, 7) is 5.94. The Kier molecular flexibility index (Phi) is 6.15. The Morgan fingerprint density at radius 3 is 2.46 bits per heavy atom. The normalized spacial score (nSPS) is 11.7. The van der Waals surface area contributed by atoms with E-state index >= 15 is 0 Å². The summed E-state index contributed by atoms with van der Waals surface area (Å²) in [4.78, 5) is 13.4. The molecular formula is C19H23NO3S. The summed E-state index contributed by atoms with van der Waals surface area (Å²) in [5.41, 5.74) is 3.11. The smallest absolute Gasteiger partial charge is 0.237 e. The molecule has 0 unspecified atom stereocenters. The fourth-order valence-electron chi connectivity index (χ4n) is 2.27. The summed E-state index contributed by atoms with van der Waals surface area (Å²) >= 11 is 1.48. The number of carbonyl (C=O) groups is 1. The second kappa shape index (κ2) is 8.11. The predicted molar refractivity (Wildman–Crippen MR) is 99.4 cm³/mol. The van der Waals surface area contributed by atoms with Crippen molar-refractivity contribution in [3.63, 3.8) is 0 Å². The van der Waals surface area contributed by atoms with E-state index in [0.29, 0.717) is 11.5 Å². The van der Waals surface area contributed by atoms with Gasteiger partial charge < -0.3 is 14.8 Å². The first-order valence-electron chi connectivity index (χ1n) is 7.72. The van der Waals surface area contributed by atoms with Gasteiger partial charge in [-0.15, -0.1) is 11.8 Å². The maximum absolute atomic E-state index is 12.5. The lowest BCUT2D eigenvalue weighted by Gasteiger charge is -2.15. The van der Waals surface area contributed by atoms with Gasteiger partial charge in [0.1, 0.15) is 0 Å². The van der Waals surface area contributed by atoms with E-state index in [-0.39, 0.29) is 11.2 Å². The van der Waals surface area contributed by atoms with Gasteiger partial charge in [-0.05, 0) is 56.2 Å². The van der Waals surface area contributed by atoms with Crippen LogP contribution in [0, 0.1) is 13.8 Å². The van der Waals surface area contributed by atoms with Crippen molar-refractivity contribution in [2.75, 3.05) is 19.5 Å². The molecule has 1 N–H and O–H groups in total. The summed E-state index contributed by atoms with van der Waals surface area (Å²) in [5.74, 6) is 1.31. The molecule has 2 aromatic rings. The summed E-state index contributed by atoms with van der Waals surface area (Å²) in [6, 6.07) is 11.6. The van der Waals surface area contributed by atoms with E-state index < -0.39 is 0 Å². The Balaban J connectivity index is 2.07. The van der Waals surface area contributed by atoms with Crippen LogP contribution in [0.15, 0.2) is 41.3 Å². The van der Waals surface area contributed by atoms with Crippen molar-refractivity contribution >= 4 is 23.4 Å². The van der Waals surface area contributed by atoms with E-state index in [0.717, 1.165) is 21.7 Å². The molecule has 0 radical (unpaired) electrons. The number of hydrogen-bond acceptors (Lipinski definition) is 4. The number of carbonyl (C=O) groups excluding carboxylic acids is 1. The zero-order valence-electron chi connectivity index (χ0n) is 14.7. The SMILES string of the molecule is COc1ccc(S[C@@H](C)C(=O)Nc2cccc(C)c2C)cc1OC. The number of amides is 1. The minimum Gasteiger partial charge on any atom is -0.493 e. The molecule has 0 fully saturated rings. The Hall–Kier alpha value is -2.14. The fourth-order valence-corrected chi connectivity index (χ4v) is 3.16. The van der Waals surface area contributed by atoms with Crippen LogP contribution in [0.1, 0.15) is 18.1 Å². The Morgan fingerprint density at radius 1 is 1.08 bits per heavy atom. The van der Waals surface area contributed by atoms with Crippen LogP contribution in [0.25, 0.3) is 0 Å². The van der Waals surface area contributed by atoms with Crippen molar-refractivity contribution in [3.05, 3.63) is 47.5 Å². The minimum absolute atomic E-state index is 0.0246. The second-order valence-electron chi connectivity index (χ2n) is 5.51. The molecule has 0 spiro atoms. The number of methoxy groups -OCH3 is 2. The number of nitrogens with one attached hydrogen (secondary N) is 1. The van der Waals surface area contributed by atoms with Gasteiger partial charge in [0, 0.05) is 10.6 Å². The lowest BCUT2D eigenvalue weighted by atomic mass is 10.1. The average molecular weight is 345 g/mol. The van der Waals surface area contributed by atoms with E-state index in [2.05, 4.69) is 5.32 Å². The molecule has 0 aromatic heterocycles. The van der Waals surface area contributed by atoms with E-state index in [4.69, 9.17) is 9.47 Å². The molecule has 2 aromatic carbocycles. The van der Waals surface area contributed by atoms with Gasteiger partial charge in [0.15, 0.2) is 11.5 Å². The highest BCUT2D eigenvalue weighted by Crippen LogP contribution is 2.33. The summed E-state index contributed by atoms with van der Waals surface area (Å²) in [7, 11) is 3.20. The molecule has 0 aliphatic carbocycles. The number of rotatable bonds is 6. The summed E-state index contributed by atoms with van der Waals surface area (Å²) in [6.07, 6.45) is 0. The highest BCUT2D eigenvalue weighted by molar-refractivity contribution is 8.00. The van der Waals surface area contributed by atoms with Crippen LogP contribution >= 0.6 is 11.8 Å². The monoisotopic (exact) mass is 345 g/mol. The van der Waals surface area contributed by atoms with Crippen LogP contribution < -0.4 is 14.8 Å². The molecule has 0 saturated carbocycles. The lowest BCUT2D eigenvalue weighted by molar-refractivity contribution is -0.115. The highest BCUT2D eigenvalue weighted by Gasteiger charge is 2.17. The van der Waals surface area contributed by atoms with Crippen molar-refractivity contribution in [1.82, 2.24) is 0 Å². The van der Waals surface area contributed by atoms with Gasteiger partial charge in [0.25, 0.3) is 0 Å². The molecular weight excluding hydrogens is 322 g/mol. The Morgan fingerprint density at radius 2 is 1.79 bits per heavy atom. The zero-order chi connectivity index (χ0) is 17.7. The van der Waals surface area contributed by atoms with Gasteiger partial charge >= 0.3 is 0 Å². The van der Waals surface area contributed by atoms with E-state index in [9.17, 15) is 4.79 Å². The zero-order valence-corrected chi connectivity index (χ0v) is 15.5. The van der Waals surface area contributed by atoms with Crippen molar-refractivity contribution in [1.29, 1.82) is 0 Å². The first-order chi connectivity index (χ1) is 11.5. The maximum atomic E-state index is 12.5. The largest absolute Gasteiger partial charge is 0.493 e. The number of aryl methyl sites for hydroxylation is 1. The van der Waals surface area contributed by atoms with Crippen molar-refractivity contribution in [3.8, 4) is 11.5 Å². The number of benzene rings is 2. The molecule has 2 rings (SSSR count). The molecule has 0 heterocycles. The van der Waals surface area contributed by atoms with Gasteiger partial charge in [-0.25, -0.2) is 0 Å². The van der Waals surface area contributed by atoms with Crippen LogP contribution in [-0.4, -0.2) is 25.4 Å². The first kappa shape index (κ1) is 18.2. The Bertz CT molecular complexity index is 731. The van der Waals surface area contributed by atoms with Gasteiger partial charge in [0.05, 0.1) is 19.5 Å². The Labute approximate surface area is 147 Å². The third kappa shape index (κ3) is 4.23. The number of hydrogen-bond donors (Lipinski definition) is 1. The van der Waals surface area contributed by atoms with Crippen LogP contribution in [0.3, 0.4) is 0 Å². The molecule has 1 atom stereocenters. The van der Waals surface area contributed by atoms with Gasteiger partial charge in [0.2, 0.25) is 5.91 Å². The van der Waals surface area contributed by atoms with E-state index in [1.807, 2.05) is 57.2 Å². The van der Waals surface area contributed by atoms with Crippen molar-refractivity contribution in [2.45, 2.75) is 30.9 Å². The molecule has 128 valence electrons. The third-order valence-electron chi connectivity index (χ3n) is 3.90. The second-order valence-corrected chi connectivity index (χ2v) is 6.93. The quantitative estimate of drug-likeness (QED) is 0.786. The molecule has 4 nitrogen and oxygen atoms in total. The van der Waals surface area contributed by atoms with Crippen molar-refractivity contribution in [2.24, 2.45) is 0 Å². The van der Waals surface area contributed by atoms with Crippen LogP contribution in [0.2, 0.25) is 0 Å². The molecule has 0 saturated heterocycles.